The molecule has 0 heterocycles. The number of unbranched alkanes of at least 4 members (excludes halogenated alkanes) is 14. The molecule has 1 aromatic rings. The molecule has 0 spiro atoms. The van der Waals surface area contributed by atoms with Crippen LogP contribution >= 0.6 is 0 Å². The molecular weight excluding hydrogens is 1110 g/mol. The molecule has 23 nitrogen and oxygen atoms in total. The maximum absolute atomic E-state index is 13.6. The van der Waals surface area contributed by atoms with Crippen LogP contribution in [0, 0.1) is 11.8 Å². The van der Waals surface area contributed by atoms with Crippen molar-refractivity contribution in [3.05, 3.63) is 35.4 Å². The van der Waals surface area contributed by atoms with Gasteiger partial charge in [0, 0.05) is 70.9 Å². The number of hydrogen-bond acceptors (Lipinski definition) is 16. The third-order valence-corrected chi connectivity index (χ3v) is 14.5. The summed E-state index contributed by atoms with van der Waals surface area (Å²) < 4.78 is 53.4. The fourth-order valence-corrected chi connectivity index (χ4v) is 9.66. The Hall–Kier alpha value is -5.53. The first-order valence-electron chi connectivity index (χ1n) is 30.1. The number of benzene rings is 1. The van der Waals surface area contributed by atoms with Gasteiger partial charge in [-0.05, 0) is 43.2 Å². The highest BCUT2D eigenvalue weighted by molar-refractivity contribution is 7.85. The van der Waals surface area contributed by atoms with Crippen molar-refractivity contribution in [3.8, 4) is 0 Å². The third kappa shape index (κ3) is 42.3. The number of amides is 3. The number of rotatable bonds is 57. The number of carboxylic acids is 3. The van der Waals surface area contributed by atoms with E-state index in [1.165, 1.54) is 56.4 Å². The van der Waals surface area contributed by atoms with Crippen LogP contribution in [0.2, 0.25) is 0 Å². The Kier molecular flexibility index (Phi) is 43.4. The van der Waals surface area contributed by atoms with Crippen LogP contribution in [-0.2, 0) is 89.2 Å². The molecule has 1 aromatic carbocycles. The van der Waals surface area contributed by atoms with Gasteiger partial charge in [0.25, 0.3) is 10.1 Å². The van der Waals surface area contributed by atoms with Gasteiger partial charge in [-0.3, -0.25) is 52.5 Å². The Labute approximate surface area is 496 Å². The largest absolute Gasteiger partial charge is 0.481 e. The molecule has 7 N–H and O–H groups in total. The van der Waals surface area contributed by atoms with Crippen LogP contribution in [-0.4, -0.2) is 159 Å². The fraction of sp³-hybridized carbons (Fsp3) is 0.733. The Morgan fingerprint density at radius 3 is 1.52 bits per heavy atom. The number of carbonyl (C=O) groups is 10. The van der Waals surface area contributed by atoms with Crippen molar-refractivity contribution in [1.82, 2.24) is 16.0 Å². The first-order chi connectivity index (χ1) is 40.1. The Morgan fingerprint density at radius 2 is 0.988 bits per heavy atom. The van der Waals surface area contributed by atoms with Gasteiger partial charge in [-0.2, -0.15) is 8.42 Å². The second-order valence-corrected chi connectivity index (χ2v) is 22.8. The van der Waals surface area contributed by atoms with Crippen molar-refractivity contribution in [3.63, 3.8) is 0 Å². The van der Waals surface area contributed by atoms with Crippen LogP contribution in [0.25, 0.3) is 0 Å². The second kappa shape index (κ2) is 47.7. The summed E-state index contributed by atoms with van der Waals surface area (Å²) >= 11 is 0. The van der Waals surface area contributed by atoms with Gasteiger partial charge in [-0.15, -0.1) is 0 Å². The van der Waals surface area contributed by atoms with Crippen molar-refractivity contribution in [2.75, 3.05) is 59.4 Å². The molecule has 3 amide bonds. The van der Waals surface area contributed by atoms with Gasteiger partial charge in [0.2, 0.25) is 17.7 Å². The molecule has 0 saturated heterocycles. The highest BCUT2D eigenvalue weighted by atomic mass is 32.2. The highest BCUT2D eigenvalue weighted by Crippen LogP contribution is 2.18. The van der Waals surface area contributed by atoms with E-state index in [1.807, 2.05) is 6.92 Å². The van der Waals surface area contributed by atoms with Crippen LogP contribution in [0.5, 0.6) is 0 Å². The number of Topliss-reactive ketones (excluding diaryl/α,β-unsaturated/α-hetero) is 4. The predicted octanol–water partition coefficient (Wildman–Crippen LogP) is 7.10. The summed E-state index contributed by atoms with van der Waals surface area (Å²) in [6.07, 6.45) is 16.7. The average Bonchev–Trinajstić information content (AvgIpc) is 3.63. The average molecular weight is 1210 g/mol. The lowest BCUT2D eigenvalue weighted by atomic mass is 9.94. The Bertz CT molecular complexity index is 2230. The molecule has 0 aliphatic rings. The van der Waals surface area contributed by atoms with Crippen molar-refractivity contribution >= 4 is 68.9 Å². The fourth-order valence-electron chi connectivity index (χ4n) is 9.05. The minimum Gasteiger partial charge on any atom is -0.481 e. The standard InChI is InChI=1S/C60H97N3O20S/c1-3-5-23-52(54(67)4-2)63-58(72)53(38-45-25-27-46(28-26-45)44-84(77,78)79)62-56(69)41-48(60(75)76)40-51(66)43-83-36-34-80-32-20-22-50(65)42-82-37-35-81-33-31-61-55(68)30-29-47(59(73)74)39-49(64)21-18-16-14-12-10-8-6-7-9-11-13-15-17-19-24-57(70)71/h25-28,47-48,52-53H,3-24,29-44H2,1-2H3,(H,61,68)(H,62,69)(H,63,72)(H,70,71)(H,73,74)(H,75,76)(H,77,78,79)/t47-,48+,52+,53+/m1/s1. The van der Waals surface area contributed by atoms with Gasteiger partial charge >= 0.3 is 17.9 Å². The van der Waals surface area contributed by atoms with E-state index in [-0.39, 0.29) is 127 Å². The first kappa shape index (κ1) is 76.5. The molecule has 0 aromatic heterocycles. The van der Waals surface area contributed by atoms with Gasteiger partial charge in [0.15, 0.2) is 17.3 Å². The van der Waals surface area contributed by atoms with E-state index in [9.17, 15) is 71.1 Å². The van der Waals surface area contributed by atoms with E-state index >= 15 is 0 Å². The van der Waals surface area contributed by atoms with Crippen LogP contribution in [0.1, 0.15) is 198 Å². The van der Waals surface area contributed by atoms with E-state index in [1.54, 1.807) is 6.92 Å². The minimum atomic E-state index is -4.30. The molecule has 0 radical (unpaired) electrons. The summed E-state index contributed by atoms with van der Waals surface area (Å²) in [4.78, 5) is 124. The minimum absolute atomic E-state index is 0.0152. The van der Waals surface area contributed by atoms with Crippen molar-refractivity contribution < 1.29 is 95.2 Å². The van der Waals surface area contributed by atoms with Gasteiger partial charge in [0.05, 0.1) is 50.9 Å². The topological polar surface area (TPSA) is 359 Å². The molecule has 478 valence electrons. The summed E-state index contributed by atoms with van der Waals surface area (Å²) in [7, 11) is -4.30. The Balaban J connectivity index is 2.24. The smallest absolute Gasteiger partial charge is 0.307 e. The molecule has 0 unspecified atom stereocenters. The van der Waals surface area contributed by atoms with Crippen molar-refractivity contribution in [2.45, 2.75) is 211 Å². The Morgan fingerprint density at radius 1 is 0.488 bits per heavy atom. The molecule has 1 rings (SSSR count). The molecule has 0 saturated carbocycles. The van der Waals surface area contributed by atoms with E-state index in [0.29, 0.717) is 31.2 Å². The predicted molar refractivity (Wildman–Crippen MR) is 311 cm³/mol. The monoisotopic (exact) mass is 1210 g/mol. The van der Waals surface area contributed by atoms with Crippen molar-refractivity contribution in [1.29, 1.82) is 0 Å². The molecule has 0 fully saturated rings. The zero-order valence-corrected chi connectivity index (χ0v) is 50.5. The second-order valence-electron chi connectivity index (χ2n) is 21.4. The quantitative estimate of drug-likeness (QED) is 0.0252. The molecular formula is C60H97N3O20S. The normalized spacial score (nSPS) is 12.8. The lowest BCUT2D eigenvalue weighted by molar-refractivity contribution is -0.146. The molecule has 0 aliphatic carbocycles. The summed E-state index contributed by atoms with van der Waals surface area (Å²) in [5.74, 6) is -9.25. The summed E-state index contributed by atoms with van der Waals surface area (Å²) in [5.41, 5.74) is 0.758. The van der Waals surface area contributed by atoms with Gasteiger partial charge in [0.1, 0.15) is 30.8 Å². The zero-order chi connectivity index (χ0) is 62.4. The number of carbonyl (C=O) groups excluding carboxylic acids is 7. The van der Waals surface area contributed by atoms with E-state index in [0.717, 1.165) is 64.2 Å². The van der Waals surface area contributed by atoms with Gasteiger partial charge in [-0.25, -0.2) is 0 Å². The lowest BCUT2D eigenvalue weighted by Gasteiger charge is -2.23. The molecule has 24 heteroatoms. The molecule has 84 heavy (non-hydrogen) atoms. The number of ether oxygens (including phenoxy) is 4. The molecule has 4 atom stereocenters. The number of carboxylic acid groups (broad SMARTS) is 3. The SMILES string of the molecule is CCCC[C@H](NC(=O)[C@H](Cc1ccc(CS(=O)(=O)O)cc1)NC(=O)C[C@H](CC(=O)COCCOCCCC(=O)COCCOCCNC(=O)CC[C@H](CC(=O)CCCCCCCCCCCCCCCCC(=O)O)C(=O)O)C(=O)O)C(=O)CC. The number of nitrogens with one attached hydrogen (secondary N) is 3. The number of aliphatic carboxylic acids is 3. The summed E-state index contributed by atoms with van der Waals surface area (Å²) in [5, 5.41) is 36.1. The molecule has 0 bridgehead atoms. The van der Waals surface area contributed by atoms with E-state index in [2.05, 4.69) is 16.0 Å². The zero-order valence-electron chi connectivity index (χ0n) is 49.7. The lowest BCUT2D eigenvalue weighted by Crippen LogP contribution is -2.52. The van der Waals surface area contributed by atoms with Crippen LogP contribution in [0.15, 0.2) is 24.3 Å². The maximum atomic E-state index is 13.6. The van der Waals surface area contributed by atoms with Crippen LogP contribution in [0.3, 0.4) is 0 Å². The number of ketones is 4. The number of hydrogen-bond donors (Lipinski definition) is 7. The van der Waals surface area contributed by atoms with Gasteiger partial charge < -0.3 is 50.2 Å². The summed E-state index contributed by atoms with van der Waals surface area (Å²) in [6, 6.07) is 3.78. The third-order valence-electron chi connectivity index (χ3n) is 13.8. The highest BCUT2D eigenvalue weighted by Gasteiger charge is 2.30. The summed E-state index contributed by atoms with van der Waals surface area (Å²) in [6.45, 7) is 3.91. The van der Waals surface area contributed by atoms with Crippen molar-refractivity contribution in [2.24, 2.45) is 11.8 Å². The maximum Gasteiger partial charge on any atom is 0.307 e. The van der Waals surface area contributed by atoms with E-state index in [4.69, 9.17) is 24.1 Å². The van der Waals surface area contributed by atoms with Crippen LogP contribution < -0.4 is 16.0 Å². The first-order valence-corrected chi connectivity index (χ1v) is 31.7. The van der Waals surface area contributed by atoms with Crippen LogP contribution in [0.4, 0.5) is 0 Å². The molecule has 0 aliphatic heterocycles. The van der Waals surface area contributed by atoms with E-state index < -0.39 is 94.7 Å². The van der Waals surface area contributed by atoms with Gasteiger partial charge in [-0.1, -0.05) is 128 Å².